The lowest BCUT2D eigenvalue weighted by Crippen LogP contribution is -2.20. The quantitative estimate of drug-likeness (QED) is 0.473. The summed E-state index contributed by atoms with van der Waals surface area (Å²) in [5.41, 5.74) is 3.98. The molecule has 0 saturated heterocycles. The first-order chi connectivity index (χ1) is 15.5. The molecule has 0 atom stereocenters. The molecule has 0 radical (unpaired) electrons. The third kappa shape index (κ3) is 4.80. The van der Waals surface area contributed by atoms with Gasteiger partial charge in [0.05, 0.1) is 11.4 Å². The molecular weight excluding hydrogens is 410 g/mol. The lowest BCUT2D eigenvalue weighted by Gasteiger charge is -2.18. The van der Waals surface area contributed by atoms with Crippen LogP contribution in [0.4, 0.5) is 5.69 Å². The Labute approximate surface area is 185 Å². The minimum Gasteiger partial charge on any atom is -0.486 e. The van der Waals surface area contributed by atoms with Crippen molar-refractivity contribution in [1.29, 1.82) is 0 Å². The number of hydrogen-bond donors (Lipinski definition) is 1. The zero-order chi connectivity index (χ0) is 22.5. The van der Waals surface area contributed by atoms with Gasteiger partial charge >= 0.3 is 5.97 Å². The smallest absolute Gasteiger partial charge is 0.331 e. The van der Waals surface area contributed by atoms with Gasteiger partial charge in [0.15, 0.2) is 18.1 Å². The van der Waals surface area contributed by atoms with Crippen LogP contribution in [0.2, 0.25) is 0 Å². The maximum absolute atomic E-state index is 12.1. The van der Waals surface area contributed by atoms with Gasteiger partial charge in [0.1, 0.15) is 13.2 Å². The van der Waals surface area contributed by atoms with Gasteiger partial charge in [0.2, 0.25) is 0 Å². The minimum atomic E-state index is -0.617. The van der Waals surface area contributed by atoms with E-state index in [0.29, 0.717) is 30.4 Å². The fraction of sp³-hybridized carbons (Fsp3) is 0.208. The van der Waals surface area contributed by atoms with E-state index in [4.69, 9.17) is 14.2 Å². The molecule has 1 aromatic heterocycles. The fourth-order valence-corrected chi connectivity index (χ4v) is 3.37. The highest BCUT2D eigenvalue weighted by Gasteiger charge is 2.14. The fourth-order valence-electron chi connectivity index (χ4n) is 3.37. The van der Waals surface area contributed by atoms with Crippen LogP contribution >= 0.6 is 0 Å². The number of nitrogens with zero attached hydrogens (tertiary/aromatic N) is 2. The van der Waals surface area contributed by atoms with Crippen molar-refractivity contribution in [1.82, 2.24) is 9.78 Å². The third-order valence-electron chi connectivity index (χ3n) is 4.91. The summed E-state index contributed by atoms with van der Waals surface area (Å²) in [6, 6.07) is 14.8. The van der Waals surface area contributed by atoms with Gasteiger partial charge in [-0.2, -0.15) is 5.10 Å². The van der Waals surface area contributed by atoms with Crippen LogP contribution < -0.4 is 14.8 Å². The topological polar surface area (TPSA) is 91.7 Å². The van der Waals surface area contributed by atoms with Crippen molar-refractivity contribution < 1.29 is 23.8 Å². The molecule has 2 heterocycles. The number of carbonyl (C=O) groups is 2. The number of ether oxygens (including phenoxy) is 3. The Kier molecular flexibility index (Phi) is 6.21. The summed E-state index contributed by atoms with van der Waals surface area (Å²) in [5, 5.41) is 7.21. The van der Waals surface area contributed by atoms with Gasteiger partial charge in [-0.3, -0.25) is 4.79 Å². The molecule has 32 heavy (non-hydrogen) atoms. The van der Waals surface area contributed by atoms with Crippen LogP contribution in [-0.2, 0) is 14.3 Å². The van der Waals surface area contributed by atoms with Crippen molar-refractivity contribution in [3.63, 3.8) is 0 Å². The molecule has 0 unspecified atom stereocenters. The molecule has 1 N–H and O–H groups in total. The third-order valence-corrected chi connectivity index (χ3v) is 4.91. The van der Waals surface area contributed by atoms with Crippen molar-refractivity contribution in [3.05, 3.63) is 71.6 Å². The van der Waals surface area contributed by atoms with E-state index in [1.165, 1.54) is 6.08 Å². The highest BCUT2D eigenvalue weighted by molar-refractivity contribution is 5.95. The summed E-state index contributed by atoms with van der Waals surface area (Å²) in [7, 11) is 0. The predicted molar refractivity (Wildman–Crippen MR) is 119 cm³/mol. The van der Waals surface area contributed by atoms with Crippen molar-refractivity contribution in [2.75, 3.05) is 25.1 Å². The SMILES string of the molecule is Cc1nn(-c2ccccc2)c(C)c1C=CC(=O)OCC(=O)Nc1ccc2c(c1)OCCO2. The van der Waals surface area contributed by atoms with Crippen LogP contribution in [0.5, 0.6) is 11.5 Å². The molecular formula is C24H23N3O5. The van der Waals surface area contributed by atoms with E-state index in [-0.39, 0.29) is 0 Å². The lowest BCUT2D eigenvalue weighted by molar-refractivity contribution is -0.142. The number of para-hydroxylation sites is 1. The van der Waals surface area contributed by atoms with Crippen molar-refractivity contribution >= 4 is 23.6 Å². The highest BCUT2D eigenvalue weighted by Crippen LogP contribution is 2.32. The molecule has 2 aromatic carbocycles. The minimum absolute atomic E-state index is 0.404. The Bertz CT molecular complexity index is 1170. The Morgan fingerprint density at radius 1 is 1.09 bits per heavy atom. The summed E-state index contributed by atoms with van der Waals surface area (Å²) < 4.78 is 17.8. The Morgan fingerprint density at radius 3 is 2.62 bits per heavy atom. The molecule has 0 saturated carbocycles. The molecule has 4 rings (SSSR count). The molecule has 0 fully saturated rings. The van der Waals surface area contributed by atoms with Gasteiger partial charge in [0.25, 0.3) is 5.91 Å². The summed E-state index contributed by atoms with van der Waals surface area (Å²) in [6.07, 6.45) is 2.95. The Balaban J connectivity index is 1.33. The number of benzene rings is 2. The van der Waals surface area contributed by atoms with Crippen LogP contribution in [0.1, 0.15) is 17.0 Å². The van der Waals surface area contributed by atoms with E-state index in [2.05, 4.69) is 10.4 Å². The van der Waals surface area contributed by atoms with Gasteiger partial charge in [-0.15, -0.1) is 0 Å². The highest BCUT2D eigenvalue weighted by atomic mass is 16.6. The number of esters is 1. The second kappa shape index (κ2) is 9.38. The zero-order valence-corrected chi connectivity index (χ0v) is 17.8. The molecule has 164 valence electrons. The van der Waals surface area contributed by atoms with Crippen molar-refractivity contribution in [2.45, 2.75) is 13.8 Å². The van der Waals surface area contributed by atoms with Gasteiger partial charge in [0, 0.05) is 29.1 Å². The maximum atomic E-state index is 12.1. The van der Waals surface area contributed by atoms with Crippen LogP contribution in [0.15, 0.2) is 54.6 Å². The standard InChI is InChI=1S/C24H23N3O5/c1-16-20(17(2)27(26-16)19-6-4-3-5-7-19)9-11-24(29)32-15-23(28)25-18-8-10-21-22(14-18)31-13-12-30-21/h3-11,14H,12-13,15H2,1-2H3,(H,25,28). The molecule has 8 heteroatoms. The summed E-state index contributed by atoms with van der Waals surface area (Å²) in [6.45, 7) is 4.35. The predicted octanol–water partition coefficient (Wildman–Crippen LogP) is 3.46. The average molecular weight is 433 g/mol. The molecule has 8 nitrogen and oxygen atoms in total. The number of anilines is 1. The first-order valence-corrected chi connectivity index (χ1v) is 10.2. The van der Waals surface area contributed by atoms with Crippen LogP contribution in [0.25, 0.3) is 11.8 Å². The first-order valence-electron chi connectivity index (χ1n) is 10.2. The van der Waals surface area contributed by atoms with E-state index < -0.39 is 18.5 Å². The molecule has 1 amide bonds. The number of aromatic nitrogens is 2. The molecule has 0 spiro atoms. The van der Waals surface area contributed by atoms with Gasteiger partial charge in [-0.1, -0.05) is 18.2 Å². The van der Waals surface area contributed by atoms with Crippen molar-refractivity contribution in [2.24, 2.45) is 0 Å². The summed E-state index contributed by atoms with van der Waals surface area (Å²) in [4.78, 5) is 24.2. The van der Waals surface area contributed by atoms with E-state index in [1.807, 2.05) is 48.9 Å². The number of aryl methyl sites for hydroxylation is 1. The van der Waals surface area contributed by atoms with Crippen LogP contribution in [0.3, 0.4) is 0 Å². The monoisotopic (exact) mass is 433 g/mol. The van der Waals surface area contributed by atoms with E-state index >= 15 is 0 Å². The number of amides is 1. The van der Waals surface area contributed by atoms with Crippen LogP contribution in [0, 0.1) is 13.8 Å². The first kappa shape index (κ1) is 21.2. The van der Waals surface area contributed by atoms with Gasteiger partial charge in [-0.25, -0.2) is 9.48 Å². The largest absolute Gasteiger partial charge is 0.486 e. The van der Waals surface area contributed by atoms with Crippen LogP contribution in [-0.4, -0.2) is 41.5 Å². The van der Waals surface area contributed by atoms with E-state index in [9.17, 15) is 9.59 Å². The van der Waals surface area contributed by atoms with Gasteiger partial charge in [-0.05, 0) is 44.2 Å². The molecule has 1 aliphatic rings. The normalized spacial score (nSPS) is 12.6. The Hall–Kier alpha value is -4.07. The second-order valence-electron chi connectivity index (χ2n) is 7.18. The molecule has 1 aliphatic heterocycles. The number of hydrogen-bond acceptors (Lipinski definition) is 6. The average Bonchev–Trinajstić information content (AvgIpc) is 3.10. The second-order valence-corrected chi connectivity index (χ2v) is 7.18. The molecule has 0 aliphatic carbocycles. The lowest BCUT2D eigenvalue weighted by atomic mass is 10.2. The van der Waals surface area contributed by atoms with E-state index in [1.54, 1.807) is 24.3 Å². The number of carbonyl (C=O) groups excluding carboxylic acids is 2. The number of nitrogens with one attached hydrogen (secondary N) is 1. The summed E-state index contributed by atoms with van der Waals surface area (Å²) in [5.74, 6) is 0.129. The maximum Gasteiger partial charge on any atom is 0.331 e. The van der Waals surface area contributed by atoms with Gasteiger partial charge < -0.3 is 19.5 Å². The molecule has 3 aromatic rings. The zero-order valence-electron chi connectivity index (χ0n) is 17.8. The van der Waals surface area contributed by atoms with Crippen molar-refractivity contribution in [3.8, 4) is 17.2 Å². The number of rotatable bonds is 6. The Morgan fingerprint density at radius 2 is 1.84 bits per heavy atom. The number of fused-ring (bicyclic) bond motifs is 1. The summed E-state index contributed by atoms with van der Waals surface area (Å²) >= 11 is 0. The van der Waals surface area contributed by atoms with E-state index in [0.717, 1.165) is 22.6 Å². The molecule has 0 bridgehead atoms.